The second-order valence-electron chi connectivity index (χ2n) is 6.98. The third-order valence-electron chi connectivity index (χ3n) is 5.38. The highest BCUT2D eigenvalue weighted by atomic mass is 16.5. The smallest absolute Gasteiger partial charge is 0.330 e. The molecule has 0 spiro atoms. The number of carbonyl (C=O) groups is 1. The lowest BCUT2D eigenvalue weighted by atomic mass is 9.66. The molecular formula is C19H26O2. The van der Waals surface area contributed by atoms with Crippen LogP contribution in [0.2, 0.25) is 0 Å². The van der Waals surface area contributed by atoms with Gasteiger partial charge in [-0.05, 0) is 54.9 Å². The van der Waals surface area contributed by atoms with E-state index in [0.29, 0.717) is 11.8 Å². The largest absolute Gasteiger partial charge is 0.459 e. The maximum Gasteiger partial charge on any atom is 0.330 e. The molecule has 0 aromatic heterocycles. The monoisotopic (exact) mass is 286 g/mol. The molecule has 3 aliphatic rings. The molecule has 0 fully saturated rings. The van der Waals surface area contributed by atoms with Gasteiger partial charge in [-0.2, -0.15) is 0 Å². The van der Waals surface area contributed by atoms with Crippen LogP contribution in [0.1, 0.15) is 46.0 Å². The van der Waals surface area contributed by atoms with Crippen LogP contribution in [0.15, 0.2) is 36.0 Å². The molecule has 2 nitrogen and oxygen atoms in total. The summed E-state index contributed by atoms with van der Waals surface area (Å²) in [5, 5.41) is 0. The SMILES string of the molecule is C[C@H]1C=C2C=C[C@H](C)[C@H](CC[C@@H]3CC=CC(=O)O3)[C@H]2CC1. The molecule has 0 saturated heterocycles. The van der Waals surface area contributed by atoms with Gasteiger partial charge >= 0.3 is 5.97 Å². The van der Waals surface area contributed by atoms with Crippen molar-refractivity contribution in [2.24, 2.45) is 23.7 Å². The number of hydrogen-bond donors (Lipinski definition) is 0. The molecule has 21 heavy (non-hydrogen) atoms. The summed E-state index contributed by atoms with van der Waals surface area (Å²) < 4.78 is 5.41. The molecule has 5 atom stereocenters. The van der Waals surface area contributed by atoms with Crippen molar-refractivity contribution in [3.8, 4) is 0 Å². The zero-order valence-corrected chi connectivity index (χ0v) is 13.1. The third kappa shape index (κ3) is 3.30. The van der Waals surface area contributed by atoms with Crippen LogP contribution in [0.3, 0.4) is 0 Å². The molecule has 114 valence electrons. The number of allylic oxidation sites excluding steroid dienone is 4. The van der Waals surface area contributed by atoms with Gasteiger partial charge in [0.05, 0.1) is 0 Å². The Hall–Kier alpha value is -1.31. The molecule has 1 aliphatic heterocycles. The summed E-state index contributed by atoms with van der Waals surface area (Å²) in [5.41, 5.74) is 1.55. The van der Waals surface area contributed by atoms with Crippen molar-refractivity contribution in [3.63, 3.8) is 0 Å². The Kier molecular flexibility index (Phi) is 4.32. The molecule has 0 aromatic rings. The molecule has 0 radical (unpaired) electrons. The first kappa shape index (κ1) is 14.6. The summed E-state index contributed by atoms with van der Waals surface area (Å²) >= 11 is 0. The summed E-state index contributed by atoms with van der Waals surface area (Å²) in [6, 6.07) is 0. The van der Waals surface area contributed by atoms with Gasteiger partial charge in [0.1, 0.15) is 6.10 Å². The van der Waals surface area contributed by atoms with Gasteiger partial charge in [-0.25, -0.2) is 4.79 Å². The summed E-state index contributed by atoms with van der Waals surface area (Å²) in [7, 11) is 0. The van der Waals surface area contributed by atoms with Gasteiger partial charge in [-0.1, -0.05) is 38.2 Å². The van der Waals surface area contributed by atoms with Crippen molar-refractivity contribution >= 4 is 5.97 Å². The summed E-state index contributed by atoms with van der Waals surface area (Å²) in [5.74, 6) is 2.61. The van der Waals surface area contributed by atoms with E-state index in [1.165, 1.54) is 12.8 Å². The van der Waals surface area contributed by atoms with E-state index in [4.69, 9.17) is 4.74 Å². The Labute approximate surface area is 127 Å². The quantitative estimate of drug-likeness (QED) is 0.717. The van der Waals surface area contributed by atoms with Crippen LogP contribution in [-0.2, 0) is 9.53 Å². The van der Waals surface area contributed by atoms with Crippen LogP contribution in [0.25, 0.3) is 0 Å². The lowest BCUT2D eigenvalue weighted by Crippen LogP contribution is -2.30. The normalized spacial score (nSPS) is 38.7. The number of hydrogen-bond acceptors (Lipinski definition) is 2. The lowest BCUT2D eigenvalue weighted by Gasteiger charge is -2.39. The Balaban J connectivity index is 1.64. The molecule has 0 saturated carbocycles. The van der Waals surface area contributed by atoms with E-state index in [-0.39, 0.29) is 12.1 Å². The molecule has 3 rings (SSSR count). The Morgan fingerprint density at radius 2 is 2.05 bits per heavy atom. The molecule has 2 heteroatoms. The minimum absolute atomic E-state index is 0.0931. The highest BCUT2D eigenvalue weighted by Crippen LogP contribution is 2.43. The van der Waals surface area contributed by atoms with Gasteiger partial charge in [-0.3, -0.25) is 0 Å². The molecule has 0 aromatic carbocycles. The third-order valence-corrected chi connectivity index (χ3v) is 5.38. The van der Waals surface area contributed by atoms with E-state index in [9.17, 15) is 4.79 Å². The number of ether oxygens (including phenoxy) is 1. The predicted octanol–water partition coefficient (Wildman–Crippen LogP) is 4.43. The fourth-order valence-electron chi connectivity index (χ4n) is 4.14. The van der Waals surface area contributed by atoms with Gasteiger partial charge < -0.3 is 4.74 Å². The van der Waals surface area contributed by atoms with Crippen molar-refractivity contribution in [3.05, 3.63) is 36.0 Å². The van der Waals surface area contributed by atoms with E-state index < -0.39 is 0 Å². The van der Waals surface area contributed by atoms with Crippen LogP contribution < -0.4 is 0 Å². The van der Waals surface area contributed by atoms with Crippen molar-refractivity contribution < 1.29 is 9.53 Å². The molecular weight excluding hydrogens is 260 g/mol. The van der Waals surface area contributed by atoms with Crippen molar-refractivity contribution in [2.75, 3.05) is 0 Å². The number of fused-ring (bicyclic) bond motifs is 1. The molecule has 0 bridgehead atoms. The molecule has 2 aliphatic carbocycles. The average molecular weight is 286 g/mol. The van der Waals surface area contributed by atoms with E-state index >= 15 is 0 Å². The zero-order valence-electron chi connectivity index (χ0n) is 13.1. The van der Waals surface area contributed by atoms with E-state index in [1.807, 2.05) is 6.08 Å². The van der Waals surface area contributed by atoms with Gasteiger partial charge in [0.15, 0.2) is 0 Å². The molecule has 0 N–H and O–H groups in total. The standard InChI is InChI=1S/C19H26O2/c1-13-6-10-18-15(12-13)8-7-14(2)17(18)11-9-16-4-3-5-19(20)21-16/h3,5,7-8,12-14,16-18H,4,6,9-11H2,1-2H3/t13-,14+,16+,17+,18+/m1/s1. The van der Waals surface area contributed by atoms with Crippen LogP contribution in [0.4, 0.5) is 0 Å². The Bertz CT molecular complexity index is 486. The Morgan fingerprint density at radius 1 is 1.19 bits per heavy atom. The van der Waals surface area contributed by atoms with Gasteiger partial charge in [0, 0.05) is 12.5 Å². The van der Waals surface area contributed by atoms with Crippen molar-refractivity contribution in [1.82, 2.24) is 0 Å². The highest BCUT2D eigenvalue weighted by Gasteiger charge is 2.33. The minimum Gasteiger partial charge on any atom is -0.459 e. The minimum atomic E-state index is -0.171. The van der Waals surface area contributed by atoms with Gasteiger partial charge in [0.2, 0.25) is 0 Å². The number of carbonyl (C=O) groups excluding carboxylic acids is 1. The maximum atomic E-state index is 11.3. The number of esters is 1. The Morgan fingerprint density at radius 3 is 2.86 bits per heavy atom. The van der Waals surface area contributed by atoms with Crippen LogP contribution >= 0.6 is 0 Å². The average Bonchev–Trinajstić information content (AvgIpc) is 2.46. The predicted molar refractivity (Wildman–Crippen MR) is 84.6 cm³/mol. The second-order valence-corrected chi connectivity index (χ2v) is 6.98. The lowest BCUT2D eigenvalue weighted by molar-refractivity contribution is -0.144. The summed E-state index contributed by atoms with van der Waals surface area (Å²) in [6.07, 6.45) is 16.5. The first-order valence-corrected chi connectivity index (χ1v) is 8.40. The number of cyclic esters (lactones) is 1. The van der Waals surface area contributed by atoms with Crippen LogP contribution in [0, 0.1) is 23.7 Å². The van der Waals surface area contributed by atoms with Crippen molar-refractivity contribution in [2.45, 2.75) is 52.1 Å². The molecule has 0 amide bonds. The summed E-state index contributed by atoms with van der Waals surface area (Å²) in [4.78, 5) is 11.3. The fraction of sp³-hybridized carbons (Fsp3) is 0.632. The van der Waals surface area contributed by atoms with E-state index in [1.54, 1.807) is 11.6 Å². The van der Waals surface area contributed by atoms with Crippen LogP contribution in [0.5, 0.6) is 0 Å². The zero-order chi connectivity index (χ0) is 14.8. The van der Waals surface area contributed by atoms with Gasteiger partial charge in [-0.15, -0.1) is 0 Å². The second kappa shape index (κ2) is 6.21. The van der Waals surface area contributed by atoms with Crippen LogP contribution in [-0.4, -0.2) is 12.1 Å². The van der Waals surface area contributed by atoms with Gasteiger partial charge in [0.25, 0.3) is 0 Å². The molecule has 1 heterocycles. The maximum absolute atomic E-state index is 11.3. The van der Waals surface area contributed by atoms with Crippen molar-refractivity contribution in [1.29, 1.82) is 0 Å². The highest BCUT2D eigenvalue weighted by molar-refractivity contribution is 5.82. The van der Waals surface area contributed by atoms with E-state index in [0.717, 1.165) is 31.1 Å². The fourth-order valence-corrected chi connectivity index (χ4v) is 4.14. The number of rotatable bonds is 3. The summed E-state index contributed by atoms with van der Waals surface area (Å²) in [6.45, 7) is 4.65. The topological polar surface area (TPSA) is 26.3 Å². The molecule has 0 unspecified atom stereocenters. The first-order chi connectivity index (χ1) is 10.1. The van der Waals surface area contributed by atoms with E-state index in [2.05, 4.69) is 32.1 Å². The first-order valence-electron chi connectivity index (χ1n) is 8.40.